The van der Waals surface area contributed by atoms with E-state index in [2.05, 4.69) is 0 Å². The zero-order valence-corrected chi connectivity index (χ0v) is 17.4. The van der Waals surface area contributed by atoms with Gasteiger partial charge in [-0.2, -0.15) is 0 Å². The van der Waals surface area contributed by atoms with E-state index in [4.69, 9.17) is 20.4 Å². The van der Waals surface area contributed by atoms with Crippen LogP contribution in [0.3, 0.4) is 0 Å². The number of carboxylic acids is 4. The molecule has 0 aliphatic carbocycles. The van der Waals surface area contributed by atoms with Gasteiger partial charge in [0.25, 0.3) is 0 Å². The number of rotatable bonds is 4. The number of carbonyl (C=O) groups is 4. The fourth-order valence-corrected chi connectivity index (χ4v) is 2.07. The van der Waals surface area contributed by atoms with Gasteiger partial charge in [0.15, 0.2) is 46.5 Å². The second kappa shape index (κ2) is 11.0. The molecule has 0 saturated heterocycles. The Labute approximate surface area is 193 Å². The SMILES string of the molecule is O=C(O)c1c(F)c(F)c(F)c(F)c1C(=O)O.O=C(O)c1c(F)c(F)c(F)c(F)c1C(=O)O.[Zr]. The summed E-state index contributed by atoms with van der Waals surface area (Å²) in [5.41, 5.74) is -7.04. The third kappa shape index (κ3) is 5.53. The smallest absolute Gasteiger partial charge is 0.339 e. The number of aromatic carboxylic acids is 4. The molecule has 2 rings (SSSR count). The molecule has 0 heterocycles. The average molecular weight is 567 g/mol. The molecule has 33 heavy (non-hydrogen) atoms. The Hall–Kier alpha value is -3.36. The quantitative estimate of drug-likeness (QED) is 0.250. The second-order valence-corrected chi connectivity index (χ2v) is 5.23. The van der Waals surface area contributed by atoms with Crippen molar-refractivity contribution in [2.75, 3.05) is 0 Å². The van der Waals surface area contributed by atoms with Gasteiger partial charge in [-0.15, -0.1) is 0 Å². The van der Waals surface area contributed by atoms with Crippen LogP contribution in [-0.2, 0) is 26.2 Å². The number of benzene rings is 2. The van der Waals surface area contributed by atoms with Crippen LogP contribution in [0.15, 0.2) is 0 Å². The molecule has 0 radical (unpaired) electrons. The van der Waals surface area contributed by atoms with E-state index in [0.717, 1.165) is 0 Å². The Morgan fingerprint density at radius 2 is 0.485 bits per heavy atom. The van der Waals surface area contributed by atoms with E-state index < -0.39 is 92.7 Å². The van der Waals surface area contributed by atoms with Crippen LogP contribution in [0.1, 0.15) is 41.4 Å². The van der Waals surface area contributed by atoms with E-state index in [-0.39, 0.29) is 26.2 Å². The molecule has 2 aromatic rings. The van der Waals surface area contributed by atoms with Gasteiger partial charge in [-0.3, -0.25) is 0 Å². The fraction of sp³-hybridized carbons (Fsp3) is 0. The predicted octanol–water partition coefficient (Wildman–Crippen LogP) is 3.28. The standard InChI is InChI=1S/2C8H2F4O4.Zr/c2*9-3-1(7(13)14)2(8(15)16)4(10)6(12)5(3)11;/h2*(H,13,14)(H,15,16);. The molecular formula is C16H4F8O8Zr. The molecule has 0 spiro atoms. The van der Waals surface area contributed by atoms with E-state index in [1.165, 1.54) is 0 Å². The predicted molar refractivity (Wildman–Crippen MR) is 80.4 cm³/mol. The van der Waals surface area contributed by atoms with Crippen LogP contribution in [0, 0.1) is 46.5 Å². The minimum Gasteiger partial charge on any atom is -0.478 e. The maximum atomic E-state index is 12.9. The summed E-state index contributed by atoms with van der Waals surface area (Å²) >= 11 is 0. The van der Waals surface area contributed by atoms with E-state index in [0.29, 0.717) is 0 Å². The van der Waals surface area contributed by atoms with Crippen molar-refractivity contribution >= 4 is 23.9 Å². The molecule has 0 bridgehead atoms. The maximum absolute atomic E-state index is 12.9. The Kier molecular flexibility index (Phi) is 9.86. The number of carboxylic acid groups (broad SMARTS) is 4. The first kappa shape index (κ1) is 29.6. The van der Waals surface area contributed by atoms with Crippen LogP contribution in [0.25, 0.3) is 0 Å². The fourth-order valence-electron chi connectivity index (χ4n) is 2.07. The third-order valence-electron chi connectivity index (χ3n) is 3.39. The molecule has 4 N–H and O–H groups in total. The normalized spacial score (nSPS) is 9.94. The van der Waals surface area contributed by atoms with Crippen molar-refractivity contribution in [1.29, 1.82) is 0 Å². The van der Waals surface area contributed by atoms with Gasteiger partial charge < -0.3 is 20.4 Å². The van der Waals surface area contributed by atoms with Gasteiger partial charge in [0, 0.05) is 26.2 Å². The van der Waals surface area contributed by atoms with E-state index >= 15 is 0 Å². The number of hydrogen-bond donors (Lipinski definition) is 4. The van der Waals surface area contributed by atoms with Crippen LogP contribution in [0.4, 0.5) is 35.1 Å². The van der Waals surface area contributed by atoms with Crippen molar-refractivity contribution in [1.82, 2.24) is 0 Å². The summed E-state index contributed by atoms with van der Waals surface area (Å²) in [5.74, 6) is -27.4. The zero-order valence-electron chi connectivity index (χ0n) is 14.9. The van der Waals surface area contributed by atoms with Gasteiger partial charge in [-0.1, -0.05) is 0 Å². The summed E-state index contributed by atoms with van der Waals surface area (Å²) in [5, 5.41) is 33.5. The van der Waals surface area contributed by atoms with Gasteiger partial charge in [0.2, 0.25) is 0 Å². The molecule has 0 fully saturated rings. The van der Waals surface area contributed by atoms with Crippen LogP contribution in [0.2, 0.25) is 0 Å². The Bertz CT molecular complexity index is 1000. The van der Waals surface area contributed by atoms with Gasteiger partial charge in [0.05, 0.1) is 0 Å². The zero-order chi connectivity index (χ0) is 25.2. The Balaban J connectivity index is 0.000000602. The molecule has 0 aromatic heterocycles. The third-order valence-corrected chi connectivity index (χ3v) is 3.39. The summed E-state index contributed by atoms with van der Waals surface area (Å²) in [6, 6.07) is 0. The van der Waals surface area contributed by atoms with Crippen molar-refractivity contribution < 1.29 is 101 Å². The molecule has 0 aliphatic heterocycles. The molecule has 17 heteroatoms. The summed E-state index contributed by atoms with van der Waals surface area (Å²) in [4.78, 5) is 41.6. The van der Waals surface area contributed by atoms with Gasteiger partial charge in [-0.05, 0) is 0 Å². The largest absolute Gasteiger partial charge is 0.478 e. The number of halogens is 8. The Morgan fingerprint density at radius 1 is 0.364 bits per heavy atom. The maximum Gasteiger partial charge on any atom is 0.339 e. The van der Waals surface area contributed by atoms with E-state index in [1.807, 2.05) is 0 Å². The van der Waals surface area contributed by atoms with Crippen molar-refractivity contribution in [2.45, 2.75) is 0 Å². The van der Waals surface area contributed by atoms with Crippen molar-refractivity contribution in [2.24, 2.45) is 0 Å². The summed E-state index contributed by atoms with van der Waals surface area (Å²) in [6.45, 7) is 0. The van der Waals surface area contributed by atoms with Crippen molar-refractivity contribution in [3.05, 3.63) is 68.8 Å². The van der Waals surface area contributed by atoms with Crippen molar-refractivity contribution in [3.63, 3.8) is 0 Å². The van der Waals surface area contributed by atoms with Gasteiger partial charge in [-0.25, -0.2) is 54.3 Å². The second-order valence-electron chi connectivity index (χ2n) is 5.23. The van der Waals surface area contributed by atoms with E-state index in [1.54, 1.807) is 0 Å². The topological polar surface area (TPSA) is 149 Å². The minimum absolute atomic E-state index is 0. The average Bonchev–Trinajstić information content (AvgIpc) is 2.69. The molecule has 2 aromatic carbocycles. The van der Waals surface area contributed by atoms with Crippen LogP contribution < -0.4 is 0 Å². The summed E-state index contributed by atoms with van der Waals surface area (Å²) in [7, 11) is 0. The first-order valence-corrected chi connectivity index (χ1v) is 7.22. The van der Waals surface area contributed by atoms with Crippen LogP contribution in [0.5, 0.6) is 0 Å². The van der Waals surface area contributed by atoms with Gasteiger partial charge >= 0.3 is 23.9 Å². The van der Waals surface area contributed by atoms with Crippen LogP contribution in [-0.4, -0.2) is 44.3 Å². The molecule has 0 saturated carbocycles. The summed E-state index contributed by atoms with van der Waals surface area (Å²) in [6.07, 6.45) is 0. The number of hydrogen-bond acceptors (Lipinski definition) is 4. The van der Waals surface area contributed by atoms with Crippen molar-refractivity contribution in [3.8, 4) is 0 Å². The van der Waals surface area contributed by atoms with E-state index in [9.17, 15) is 54.3 Å². The molecular weight excluding hydrogens is 563 g/mol. The van der Waals surface area contributed by atoms with Gasteiger partial charge in [0.1, 0.15) is 22.3 Å². The first-order chi connectivity index (χ1) is 14.6. The molecule has 0 unspecified atom stereocenters. The molecule has 8 nitrogen and oxygen atoms in total. The first-order valence-electron chi connectivity index (χ1n) is 7.22. The van der Waals surface area contributed by atoms with Crippen LogP contribution >= 0.6 is 0 Å². The Morgan fingerprint density at radius 3 is 0.576 bits per heavy atom. The molecule has 0 amide bonds. The monoisotopic (exact) mass is 566 g/mol. The molecule has 0 aliphatic rings. The molecule has 0 atom stereocenters. The summed E-state index contributed by atoms with van der Waals surface area (Å²) < 4.78 is 102. The molecule has 176 valence electrons. The minimum atomic E-state index is -2.38.